The van der Waals surface area contributed by atoms with Gasteiger partial charge < -0.3 is 14.8 Å². The predicted molar refractivity (Wildman–Crippen MR) is 112 cm³/mol. The summed E-state index contributed by atoms with van der Waals surface area (Å²) < 4.78 is 12.6. The molecule has 0 aliphatic rings. The van der Waals surface area contributed by atoms with Crippen molar-refractivity contribution in [1.82, 2.24) is 9.78 Å². The number of hydrogen-bond donors (Lipinski definition) is 1. The second-order valence-electron chi connectivity index (χ2n) is 8.27. The molecule has 7 heteroatoms. The third-order valence-corrected chi connectivity index (χ3v) is 4.78. The predicted octanol–water partition coefficient (Wildman–Crippen LogP) is 3.67. The zero-order valence-corrected chi connectivity index (χ0v) is 18.5. The molecule has 0 saturated heterocycles. The summed E-state index contributed by atoms with van der Waals surface area (Å²) in [6, 6.07) is 7.60. The third-order valence-electron chi connectivity index (χ3n) is 4.78. The molecule has 0 unspecified atom stereocenters. The van der Waals surface area contributed by atoms with Crippen LogP contribution in [0.3, 0.4) is 0 Å². The van der Waals surface area contributed by atoms with Crippen LogP contribution in [-0.4, -0.2) is 33.9 Å². The summed E-state index contributed by atoms with van der Waals surface area (Å²) in [7, 11) is 1.80. The van der Waals surface area contributed by atoms with Gasteiger partial charge in [0.05, 0.1) is 17.1 Å². The molecule has 2 atom stereocenters. The molecule has 29 heavy (non-hydrogen) atoms. The second-order valence-corrected chi connectivity index (χ2v) is 8.27. The maximum absolute atomic E-state index is 12.4. The molecule has 1 aromatic heterocycles. The maximum Gasteiger partial charge on any atom is 0.347 e. The zero-order chi connectivity index (χ0) is 21.9. The van der Waals surface area contributed by atoms with E-state index in [0.717, 1.165) is 5.69 Å². The lowest BCUT2D eigenvalue weighted by molar-refractivity contribution is -0.159. The van der Waals surface area contributed by atoms with E-state index in [2.05, 4.69) is 31.2 Å². The van der Waals surface area contributed by atoms with E-state index in [9.17, 15) is 9.59 Å². The average molecular weight is 402 g/mol. The van der Waals surface area contributed by atoms with Crippen molar-refractivity contribution in [1.29, 1.82) is 0 Å². The Hall–Kier alpha value is -2.83. The van der Waals surface area contributed by atoms with Gasteiger partial charge in [0.15, 0.2) is 12.2 Å². The molecular formula is C22H31N3O4. The average Bonchev–Trinajstić information content (AvgIpc) is 2.87. The molecule has 1 N–H and O–H groups in total. The SMILES string of the molecule is Cc1nn(C)c(C)c1NC(=O)[C@H](C)OC(=O)[C@@H](C)Oc1ccc(C(C)(C)C)cc1. The first-order chi connectivity index (χ1) is 13.4. The van der Waals surface area contributed by atoms with Crippen LogP contribution < -0.4 is 10.1 Å². The highest BCUT2D eigenvalue weighted by Crippen LogP contribution is 2.25. The summed E-state index contributed by atoms with van der Waals surface area (Å²) in [6.45, 7) is 13.2. The Balaban J connectivity index is 1.93. The van der Waals surface area contributed by atoms with E-state index in [1.807, 2.05) is 31.2 Å². The molecule has 0 fully saturated rings. The van der Waals surface area contributed by atoms with Gasteiger partial charge in [-0.2, -0.15) is 5.10 Å². The lowest BCUT2D eigenvalue weighted by Gasteiger charge is -2.20. The molecule has 1 aromatic carbocycles. The van der Waals surface area contributed by atoms with Crippen molar-refractivity contribution < 1.29 is 19.1 Å². The number of ether oxygens (including phenoxy) is 2. The highest BCUT2D eigenvalue weighted by molar-refractivity contribution is 5.96. The number of nitrogens with one attached hydrogen (secondary N) is 1. The van der Waals surface area contributed by atoms with Crippen LogP contribution in [0.15, 0.2) is 24.3 Å². The van der Waals surface area contributed by atoms with Crippen LogP contribution >= 0.6 is 0 Å². The molecule has 0 radical (unpaired) electrons. The Labute approximate surface area is 172 Å². The third kappa shape index (κ3) is 5.59. The van der Waals surface area contributed by atoms with Crippen molar-refractivity contribution in [2.24, 2.45) is 7.05 Å². The minimum absolute atomic E-state index is 0.0385. The van der Waals surface area contributed by atoms with Gasteiger partial charge in [-0.15, -0.1) is 0 Å². The highest BCUT2D eigenvalue weighted by Gasteiger charge is 2.25. The normalized spacial score (nSPS) is 13.5. The molecular weight excluding hydrogens is 370 g/mol. The Morgan fingerprint density at radius 3 is 2.14 bits per heavy atom. The van der Waals surface area contributed by atoms with Crippen LogP contribution in [-0.2, 0) is 26.8 Å². The van der Waals surface area contributed by atoms with E-state index < -0.39 is 24.1 Å². The van der Waals surface area contributed by atoms with Gasteiger partial charge in [0.25, 0.3) is 5.91 Å². The maximum atomic E-state index is 12.4. The molecule has 0 spiro atoms. The summed E-state index contributed by atoms with van der Waals surface area (Å²) >= 11 is 0. The lowest BCUT2D eigenvalue weighted by Crippen LogP contribution is -2.35. The number of hydrogen-bond acceptors (Lipinski definition) is 5. The fourth-order valence-electron chi connectivity index (χ4n) is 2.79. The molecule has 0 bridgehead atoms. The van der Waals surface area contributed by atoms with Crippen LogP contribution in [0.4, 0.5) is 5.69 Å². The first-order valence-corrected chi connectivity index (χ1v) is 9.69. The molecule has 0 aliphatic carbocycles. The number of nitrogens with zero attached hydrogens (tertiary/aromatic N) is 2. The van der Waals surface area contributed by atoms with Crippen molar-refractivity contribution in [2.45, 2.75) is 66.1 Å². The lowest BCUT2D eigenvalue weighted by atomic mass is 9.87. The van der Waals surface area contributed by atoms with Gasteiger partial charge in [-0.3, -0.25) is 9.48 Å². The molecule has 2 aromatic rings. The number of anilines is 1. The largest absolute Gasteiger partial charge is 0.479 e. The number of carbonyl (C=O) groups is 2. The molecule has 7 nitrogen and oxygen atoms in total. The van der Waals surface area contributed by atoms with Crippen LogP contribution in [0.5, 0.6) is 5.75 Å². The molecule has 1 amide bonds. The number of rotatable bonds is 6. The van der Waals surface area contributed by atoms with E-state index in [4.69, 9.17) is 9.47 Å². The Morgan fingerprint density at radius 2 is 1.66 bits per heavy atom. The number of carbonyl (C=O) groups excluding carboxylic acids is 2. The fraction of sp³-hybridized carbons (Fsp3) is 0.500. The minimum Gasteiger partial charge on any atom is -0.479 e. The Morgan fingerprint density at radius 1 is 1.07 bits per heavy atom. The summed E-state index contributed by atoms with van der Waals surface area (Å²) in [5.41, 5.74) is 3.36. The van der Waals surface area contributed by atoms with E-state index in [1.165, 1.54) is 12.5 Å². The van der Waals surface area contributed by atoms with Crippen molar-refractivity contribution in [3.05, 3.63) is 41.2 Å². The zero-order valence-electron chi connectivity index (χ0n) is 18.5. The number of esters is 1. The van der Waals surface area contributed by atoms with Gasteiger partial charge in [-0.25, -0.2) is 4.79 Å². The first-order valence-electron chi connectivity index (χ1n) is 9.69. The number of benzene rings is 1. The molecule has 2 rings (SSSR count). The molecule has 158 valence electrons. The number of aryl methyl sites for hydroxylation is 2. The smallest absolute Gasteiger partial charge is 0.347 e. The van der Waals surface area contributed by atoms with Crippen LogP contribution in [0, 0.1) is 13.8 Å². The summed E-state index contributed by atoms with van der Waals surface area (Å²) in [5, 5.41) is 7.03. The fourth-order valence-corrected chi connectivity index (χ4v) is 2.79. The molecule has 1 heterocycles. The minimum atomic E-state index is -0.962. The van der Waals surface area contributed by atoms with Crippen molar-refractivity contribution in [2.75, 3.05) is 5.32 Å². The number of aromatic nitrogens is 2. The highest BCUT2D eigenvalue weighted by atomic mass is 16.6. The summed E-state index contributed by atoms with van der Waals surface area (Å²) in [6.07, 6.45) is -1.80. The van der Waals surface area contributed by atoms with Gasteiger partial charge in [0.1, 0.15) is 5.75 Å². The van der Waals surface area contributed by atoms with Gasteiger partial charge in [-0.1, -0.05) is 32.9 Å². The molecule has 0 aliphatic heterocycles. The standard InChI is InChI=1S/C22H31N3O4/c1-13-19(14(2)25(8)24-13)23-20(26)15(3)29-21(27)16(4)28-18-11-9-17(10-12-18)22(5,6)7/h9-12,15-16H,1-8H3,(H,23,26)/t15-,16+/m0/s1. The van der Waals surface area contributed by atoms with Crippen molar-refractivity contribution >= 4 is 17.6 Å². The molecule has 0 saturated carbocycles. The summed E-state index contributed by atoms with van der Waals surface area (Å²) in [5.74, 6) is -0.451. The topological polar surface area (TPSA) is 82.5 Å². The van der Waals surface area contributed by atoms with Crippen LogP contribution in [0.2, 0.25) is 0 Å². The van der Waals surface area contributed by atoms with Gasteiger partial charge in [-0.05, 0) is 50.8 Å². The van der Waals surface area contributed by atoms with E-state index >= 15 is 0 Å². The monoisotopic (exact) mass is 401 g/mol. The van der Waals surface area contributed by atoms with Gasteiger partial charge in [0.2, 0.25) is 0 Å². The van der Waals surface area contributed by atoms with E-state index in [1.54, 1.807) is 25.6 Å². The van der Waals surface area contributed by atoms with E-state index in [-0.39, 0.29) is 5.41 Å². The van der Waals surface area contributed by atoms with Crippen molar-refractivity contribution in [3.8, 4) is 5.75 Å². The van der Waals surface area contributed by atoms with Gasteiger partial charge in [0, 0.05) is 7.05 Å². The second kappa shape index (κ2) is 8.68. The quantitative estimate of drug-likeness (QED) is 0.747. The van der Waals surface area contributed by atoms with E-state index in [0.29, 0.717) is 17.1 Å². The van der Waals surface area contributed by atoms with Crippen molar-refractivity contribution in [3.63, 3.8) is 0 Å². The Bertz CT molecular complexity index is 879. The summed E-state index contributed by atoms with van der Waals surface area (Å²) in [4.78, 5) is 24.7. The number of amides is 1. The Kier molecular flexibility index (Phi) is 6.72. The van der Waals surface area contributed by atoms with Crippen LogP contribution in [0.25, 0.3) is 0 Å². The first kappa shape index (κ1) is 22.5. The van der Waals surface area contributed by atoms with Gasteiger partial charge >= 0.3 is 5.97 Å². The van der Waals surface area contributed by atoms with Crippen LogP contribution in [0.1, 0.15) is 51.6 Å².